The molecule has 0 atom stereocenters. The van der Waals surface area contributed by atoms with Gasteiger partial charge < -0.3 is 4.42 Å². The van der Waals surface area contributed by atoms with Crippen LogP contribution in [0, 0.1) is 5.82 Å². The molecule has 0 amide bonds. The SMILES string of the molecule is Fc1ccc(-c2oc3c(c2Br)CCCc2ccccc2-3)cc1. The van der Waals surface area contributed by atoms with Crippen molar-refractivity contribution in [1.29, 1.82) is 0 Å². The van der Waals surface area contributed by atoms with E-state index in [1.807, 2.05) is 6.07 Å². The Morgan fingerprint density at radius 3 is 2.50 bits per heavy atom. The van der Waals surface area contributed by atoms with E-state index in [1.54, 1.807) is 12.1 Å². The molecule has 2 aromatic carbocycles. The molecule has 0 unspecified atom stereocenters. The summed E-state index contributed by atoms with van der Waals surface area (Å²) < 4.78 is 20.3. The quantitative estimate of drug-likeness (QED) is 0.520. The minimum atomic E-state index is -0.238. The molecule has 0 saturated heterocycles. The van der Waals surface area contributed by atoms with Crippen LogP contribution in [0.2, 0.25) is 0 Å². The second kappa shape index (κ2) is 5.40. The highest BCUT2D eigenvalue weighted by molar-refractivity contribution is 9.10. The molecule has 3 heteroatoms. The standard InChI is InChI=1S/C19H14BrFO/c20-17-16-7-3-5-12-4-1-2-6-15(12)19(16)22-18(17)13-8-10-14(21)11-9-13/h1-2,4,6,8-11H,3,5,7H2. The Morgan fingerprint density at radius 1 is 0.909 bits per heavy atom. The van der Waals surface area contributed by atoms with Crippen LogP contribution < -0.4 is 0 Å². The van der Waals surface area contributed by atoms with E-state index < -0.39 is 0 Å². The molecule has 1 aliphatic carbocycles. The van der Waals surface area contributed by atoms with Crippen LogP contribution in [0.3, 0.4) is 0 Å². The van der Waals surface area contributed by atoms with Gasteiger partial charge >= 0.3 is 0 Å². The lowest BCUT2D eigenvalue weighted by atomic mass is 10.0. The van der Waals surface area contributed by atoms with Crippen molar-refractivity contribution in [2.75, 3.05) is 0 Å². The predicted molar refractivity (Wildman–Crippen MR) is 89.3 cm³/mol. The molecule has 0 radical (unpaired) electrons. The van der Waals surface area contributed by atoms with Gasteiger partial charge in [-0.1, -0.05) is 24.3 Å². The summed E-state index contributed by atoms with van der Waals surface area (Å²) >= 11 is 3.69. The molecule has 1 aliphatic rings. The maximum Gasteiger partial charge on any atom is 0.149 e. The van der Waals surface area contributed by atoms with Crippen molar-refractivity contribution < 1.29 is 8.81 Å². The number of fused-ring (bicyclic) bond motifs is 3. The molecule has 0 bridgehead atoms. The summed E-state index contributed by atoms with van der Waals surface area (Å²) in [6.45, 7) is 0. The van der Waals surface area contributed by atoms with Crippen LogP contribution in [0.15, 0.2) is 57.4 Å². The molecular formula is C19H14BrFO. The van der Waals surface area contributed by atoms with Gasteiger partial charge in [0.15, 0.2) is 0 Å². The molecule has 110 valence electrons. The summed E-state index contributed by atoms with van der Waals surface area (Å²) in [5, 5.41) is 0. The van der Waals surface area contributed by atoms with Crippen molar-refractivity contribution >= 4 is 15.9 Å². The van der Waals surface area contributed by atoms with Crippen LogP contribution in [-0.2, 0) is 12.8 Å². The topological polar surface area (TPSA) is 13.1 Å². The van der Waals surface area contributed by atoms with E-state index in [9.17, 15) is 4.39 Å². The maximum absolute atomic E-state index is 13.1. The third kappa shape index (κ3) is 2.20. The van der Waals surface area contributed by atoms with E-state index in [4.69, 9.17) is 4.42 Å². The van der Waals surface area contributed by atoms with Crippen molar-refractivity contribution in [3.63, 3.8) is 0 Å². The summed E-state index contributed by atoms with van der Waals surface area (Å²) in [7, 11) is 0. The first-order valence-corrected chi connectivity index (χ1v) is 8.19. The first-order valence-electron chi connectivity index (χ1n) is 7.39. The van der Waals surface area contributed by atoms with Gasteiger partial charge in [-0.05, 0) is 65.0 Å². The van der Waals surface area contributed by atoms with Crippen LogP contribution in [-0.4, -0.2) is 0 Å². The van der Waals surface area contributed by atoms with E-state index in [2.05, 4.69) is 34.1 Å². The van der Waals surface area contributed by atoms with Crippen LogP contribution >= 0.6 is 15.9 Å². The van der Waals surface area contributed by atoms with Crippen molar-refractivity contribution in [1.82, 2.24) is 0 Å². The lowest BCUT2D eigenvalue weighted by Crippen LogP contribution is -1.86. The van der Waals surface area contributed by atoms with Crippen molar-refractivity contribution in [2.45, 2.75) is 19.3 Å². The second-order valence-corrected chi connectivity index (χ2v) is 6.36. The molecule has 4 rings (SSSR count). The Morgan fingerprint density at radius 2 is 1.68 bits per heavy atom. The van der Waals surface area contributed by atoms with Gasteiger partial charge in [-0.2, -0.15) is 0 Å². The van der Waals surface area contributed by atoms with Gasteiger partial charge in [0.25, 0.3) is 0 Å². The third-order valence-electron chi connectivity index (χ3n) is 4.18. The van der Waals surface area contributed by atoms with E-state index >= 15 is 0 Å². The summed E-state index contributed by atoms with van der Waals surface area (Å²) in [5.41, 5.74) is 4.60. The summed E-state index contributed by atoms with van der Waals surface area (Å²) in [4.78, 5) is 0. The molecule has 3 aromatic rings. The highest BCUT2D eigenvalue weighted by Crippen LogP contribution is 2.43. The van der Waals surface area contributed by atoms with Gasteiger partial charge in [-0.3, -0.25) is 0 Å². The van der Waals surface area contributed by atoms with Crippen LogP contribution in [0.25, 0.3) is 22.6 Å². The largest absolute Gasteiger partial charge is 0.455 e. The van der Waals surface area contributed by atoms with Gasteiger partial charge in [0, 0.05) is 16.7 Å². The zero-order chi connectivity index (χ0) is 15.1. The third-order valence-corrected chi connectivity index (χ3v) is 5.02. The molecule has 0 N–H and O–H groups in total. The number of benzene rings is 2. The van der Waals surface area contributed by atoms with Crippen molar-refractivity contribution in [3.8, 4) is 22.6 Å². The number of rotatable bonds is 1. The molecule has 1 nitrogen and oxygen atoms in total. The molecule has 0 saturated carbocycles. The van der Waals surface area contributed by atoms with Crippen molar-refractivity contribution in [3.05, 3.63) is 69.9 Å². The van der Waals surface area contributed by atoms with Crippen LogP contribution in [0.1, 0.15) is 17.5 Å². The van der Waals surface area contributed by atoms with Crippen LogP contribution in [0.5, 0.6) is 0 Å². The Balaban J connectivity index is 1.92. The fourth-order valence-electron chi connectivity index (χ4n) is 3.09. The van der Waals surface area contributed by atoms with Crippen LogP contribution in [0.4, 0.5) is 4.39 Å². The molecular weight excluding hydrogens is 343 g/mol. The average Bonchev–Trinajstić information content (AvgIpc) is 2.75. The lowest BCUT2D eigenvalue weighted by Gasteiger charge is -2.04. The minimum Gasteiger partial charge on any atom is -0.455 e. The first kappa shape index (κ1) is 13.8. The van der Waals surface area contributed by atoms with Crippen molar-refractivity contribution in [2.24, 2.45) is 0 Å². The van der Waals surface area contributed by atoms with Gasteiger partial charge in [-0.15, -0.1) is 0 Å². The maximum atomic E-state index is 13.1. The monoisotopic (exact) mass is 356 g/mol. The summed E-state index contributed by atoms with van der Waals surface area (Å²) in [5.74, 6) is 1.49. The molecule has 0 fully saturated rings. The number of hydrogen-bond donors (Lipinski definition) is 0. The fraction of sp³-hybridized carbons (Fsp3) is 0.158. The molecule has 0 spiro atoms. The van der Waals surface area contributed by atoms with E-state index in [1.165, 1.54) is 28.8 Å². The van der Waals surface area contributed by atoms with Gasteiger partial charge in [0.2, 0.25) is 0 Å². The van der Waals surface area contributed by atoms with Gasteiger partial charge in [0.1, 0.15) is 17.3 Å². The number of furan rings is 1. The van der Waals surface area contributed by atoms with Gasteiger partial charge in [0.05, 0.1) is 4.47 Å². The van der Waals surface area contributed by atoms with Gasteiger partial charge in [-0.25, -0.2) is 4.39 Å². The van der Waals surface area contributed by atoms with E-state index in [0.717, 1.165) is 40.8 Å². The molecule has 1 aromatic heterocycles. The normalized spacial score (nSPS) is 13.4. The molecule has 0 aliphatic heterocycles. The Bertz CT molecular complexity index is 833. The Kier molecular flexibility index (Phi) is 3.38. The number of hydrogen-bond acceptors (Lipinski definition) is 1. The second-order valence-electron chi connectivity index (χ2n) is 5.57. The Hall–Kier alpha value is -1.87. The Labute approximate surface area is 136 Å². The lowest BCUT2D eigenvalue weighted by molar-refractivity contribution is 0.593. The summed E-state index contributed by atoms with van der Waals surface area (Å²) in [6, 6.07) is 14.8. The molecule has 1 heterocycles. The number of aryl methyl sites for hydroxylation is 1. The van der Waals surface area contributed by atoms with E-state index in [-0.39, 0.29) is 5.82 Å². The zero-order valence-electron chi connectivity index (χ0n) is 11.9. The fourth-order valence-corrected chi connectivity index (χ4v) is 3.78. The summed E-state index contributed by atoms with van der Waals surface area (Å²) in [6.07, 6.45) is 3.15. The smallest absolute Gasteiger partial charge is 0.149 e. The van der Waals surface area contributed by atoms with E-state index in [0.29, 0.717) is 0 Å². The minimum absolute atomic E-state index is 0.238. The number of halogens is 2. The molecule has 22 heavy (non-hydrogen) atoms. The zero-order valence-corrected chi connectivity index (χ0v) is 13.5. The highest BCUT2D eigenvalue weighted by atomic mass is 79.9. The highest BCUT2D eigenvalue weighted by Gasteiger charge is 2.24. The first-order chi connectivity index (χ1) is 10.7. The average molecular weight is 357 g/mol. The predicted octanol–water partition coefficient (Wildman–Crippen LogP) is 6.00.